The molecule has 162 valence electrons. The van der Waals surface area contributed by atoms with Crippen LogP contribution in [0.1, 0.15) is 35.7 Å². The highest BCUT2D eigenvalue weighted by molar-refractivity contribution is 6.04. The second-order valence-corrected chi connectivity index (χ2v) is 7.65. The van der Waals surface area contributed by atoms with E-state index in [4.69, 9.17) is 9.47 Å². The summed E-state index contributed by atoms with van der Waals surface area (Å²) in [6.45, 7) is 3.98. The fourth-order valence-electron chi connectivity index (χ4n) is 3.57. The SMILES string of the molecule is COc1cc2c(Oc3ccc(NC(=O)c4ccccc4)cc3)ccnc2c(C(C)C)c1O. The average molecular weight is 428 g/mol. The Hall–Kier alpha value is -4.06. The maximum Gasteiger partial charge on any atom is 0.255 e. The van der Waals surface area contributed by atoms with Crippen LogP contribution in [-0.4, -0.2) is 23.1 Å². The topological polar surface area (TPSA) is 80.7 Å². The molecular formula is C26H24N2O4. The third kappa shape index (κ3) is 4.21. The molecule has 0 radical (unpaired) electrons. The van der Waals surface area contributed by atoms with E-state index in [1.807, 2.05) is 32.0 Å². The molecule has 6 nitrogen and oxygen atoms in total. The van der Waals surface area contributed by atoms with Gasteiger partial charge in [0.15, 0.2) is 11.5 Å². The summed E-state index contributed by atoms with van der Waals surface area (Å²) in [5, 5.41) is 14.2. The first-order valence-corrected chi connectivity index (χ1v) is 10.3. The molecule has 32 heavy (non-hydrogen) atoms. The van der Waals surface area contributed by atoms with Crippen LogP contribution in [0.25, 0.3) is 10.9 Å². The van der Waals surface area contributed by atoms with Crippen molar-refractivity contribution in [2.75, 3.05) is 12.4 Å². The van der Waals surface area contributed by atoms with Crippen LogP contribution >= 0.6 is 0 Å². The molecule has 0 saturated heterocycles. The van der Waals surface area contributed by atoms with Crippen molar-refractivity contribution in [3.63, 3.8) is 0 Å². The fraction of sp³-hybridized carbons (Fsp3) is 0.154. The predicted molar refractivity (Wildman–Crippen MR) is 125 cm³/mol. The largest absolute Gasteiger partial charge is 0.504 e. The fourth-order valence-corrected chi connectivity index (χ4v) is 3.57. The van der Waals surface area contributed by atoms with Crippen LogP contribution in [0.15, 0.2) is 72.9 Å². The second kappa shape index (κ2) is 8.98. The van der Waals surface area contributed by atoms with Gasteiger partial charge in [0.1, 0.15) is 11.5 Å². The molecule has 0 unspecified atom stereocenters. The third-order valence-electron chi connectivity index (χ3n) is 5.14. The van der Waals surface area contributed by atoms with E-state index >= 15 is 0 Å². The van der Waals surface area contributed by atoms with E-state index in [9.17, 15) is 9.90 Å². The number of pyridine rings is 1. The highest BCUT2D eigenvalue weighted by Crippen LogP contribution is 2.43. The minimum Gasteiger partial charge on any atom is -0.504 e. The van der Waals surface area contributed by atoms with Crippen molar-refractivity contribution in [3.05, 3.63) is 84.1 Å². The molecular weight excluding hydrogens is 404 g/mol. The number of hydrogen-bond donors (Lipinski definition) is 2. The zero-order valence-corrected chi connectivity index (χ0v) is 18.1. The number of hydrogen-bond acceptors (Lipinski definition) is 5. The number of amides is 1. The van der Waals surface area contributed by atoms with Crippen molar-refractivity contribution in [1.29, 1.82) is 0 Å². The Morgan fingerprint density at radius 3 is 2.38 bits per heavy atom. The van der Waals surface area contributed by atoms with Crippen molar-refractivity contribution < 1.29 is 19.4 Å². The molecule has 0 spiro atoms. The van der Waals surface area contributed by atoms with E-state index in [0.717, 1.165) is 5.39 Å². The number of fused-ring (bicyclic) bond motifs is 1. The summed E-state index contributed by atoms with van der Waals surface area (Å²) in [5.74, 6) is 1.54. The molecule has 0 aliphatic rings. The Labute approximate surface area is 186 Å². The van der Waals surface area contributed by atoms with E-state index in [1.54, 1.807) is 54.7 Å². The molecule has 0 aliphatic carbocycles. The van der Waals surface area contributed by atoms with Crippen LogP contribution in [-0.2, 0) is 0 Å². The zero-order valence-electron chi connectivity index (χ0n) is 18.1. The first kappa shape index (κ1) is 21.2. The Morgan fingerprint density at radius 1 is 1.00 bits per heavy atom. The van der Waals surface area contributed by atoms with Gasteiger partial charge in [-0.25, -0.2) is 0 Å². The maximum absolute atomic E-state index is 12.3. The minimum absolute atomic E-state index is 0.0443. The highest BCUT2D eigenvalue weighted by Gasteiger charge is 2.19. The summed E-state index contributed by atoms with van der Waals surface area (Å²) in [4.78, 5) is 16.8. The summed E-state index contributed by atoms with van der Waals surface area (Å²) in [7, 11) is 1.52. The Kier molecular flexibility index (Phi) is 5.94. The lowest BCUT2D eigenvalue weighted by atomic mass is 9.97. The van der Waals surface area contributed by atoms with Crippen molar-refractivity contribution >= 4 is 22.5 Å². The lowest BCUT2D eigenvalue weighted by molar-refractivity contribution is 0.102. The zero-order chi connectivity index (χ0) is 22.7. The number of anilines is 1. The number of ether oxygens (including phenoxy) is 2. The van der Waals surface area contributed by atoms with Gasteiger partial charge in [0, 0.05) is 28.4 Å². The molecule has 1 heterocycles. The molecule has 0 bridgehead atoms. The van der Waals surface area contributed by atoms with Gasteiger partial charge in [-0.15, -0.1) is 0 Å². The molecule has 6 heteroatoms. The highest BCUT2D eigenvalue weighted by atomic mass is 16.5. The number of phenols is 1. The molecule has 1 aromatic heterocycles. The maximum atomic E-state index is 12.3. The van der Waals surface area contributed by atoms with Crippen molar-refractivity contribution in [1.82, 2.24) is 4.98 Å². The van der Waals surface area contributed by atoms with E-state index in [0.29, 0.717) is 39.6 Å². The van der Waals surface area contributed by atoms with Gasteiger partial charge in [-0.1, -0.05) is 32.0 Å². The van der Waals surface area contributed by atoms with E-state index < -0.39 is 0 Å². The summed E-state index contributed by atoms with van der Waals surface area (Å²) < 4.78 is 11.5. The van der Waals surface area contributed by atoms with Gasteiger partial charge in [-0.3, -0.25) is 9.78 Å². The van der Waals surface area contributed by atoms with Gasteiger partial charge < -0.3 is 19.9 Å². The average Bonchev–Trinajstić information content (AvgIpc) is 2.80. The summed E-state index contributed by atoms with van der Waals surface area (Å²) in [6.07, 6.45) is 1.66. The standard InChI is InChI=1S/C26H24N2O4/c1-16(2)23-24-20(15-22(31-3)25(23)29)21(13-14-27-24)32-19-11-9-18(10-12-19)28-26(30)17-7-5-4-6-8-17/h4-16,29H,1-3H3,(H,28,30). The van der Waals surface area contributed by atoms with Crippen molar-refractivity contribution in [2.45, 2.75) is 19.8 Å². The van der Waals surface area contributed by atoms with Gasteiger partial charge in [0.05, 0.1) is 12.6 Å². The number of aromatic hydroxyl groups is 1. The Balaban J connectivity index is 1.61. The van der Waals surface area contributed by atoms with Gasteiger partial charge in [0.25, 0.3) is 5.91 Å². The summed E-state index contributed by atoms with van der Waals surface area (Å²) in [6, 6.07) is 19.7. The molecule has 4 rings (SSSR count). The molecule has 0 aliphatic heterocycles. The van der Waals surface area contributed by atoms with E-state index in [1.165, 1.54) is 7.11 Å². The number of benzene rings is 3. The van der Waals surface area contributed by atoms with Crippen LogP contribution in [0.3, 0.4) is 0 Å². The predicted octanol–water partition coefficient (Wildman–Crippen LogP) is 6.12. The molecule has 1 amide bonds. The number of aromatic nitrogens is 1. The van der Waals surface area contributed by atoms with Gasteiger partial charge in [-0.2, -0.15) is 0 Å². The van der Waals surface area contributed by atoms with Crippen LogP contribution in [0.5, 0.6) is 23.0 Å². The van der Waals surface area contributed by atoms with Crippen LogP contribution in [0.4, 0.5) is 5.69 Å². The second-order valence-electron chi connectivity index (χ2n) is 7.65. The minimum atomic E-state index is -0.174. The molecule has 2 N–H and O–H groups in total. The quantitative estimate of drug-likeness (QED) is 0.387. The van der Waals surface area contributed by atoms with Crippen LogP contribution < -0.4 is 14.8 Å². The number of phenolic OH excluding ortho intramolecular Hbond substituents is 1. The van der Waals surface area contributed by atoms with Gasteiger partial charge in [0.2, 0.25) is 0 Å². The first-order valence-electron chi connectivity index (χ1n) is 10.3. The molecule has 0 fully saturated rings. The van der Waals surface area contributed by atoms with E-state index in [-0.39, 0.29) is 17.6 Å². The van der Waals surface area contributed by atoms with Crippen molar-refractivity contribution in [2.24, 2.45) is 0 Å². The number of rotatable bonds is 6. The Morgan fingerprint density at radius 2 is 1.72 bits per heavy atom. The van der Waals surface area contributed by atoms with Crippen LogP contribution in [0, 0.1) is 0 Å². The van der Waals surface area contributed by atoms with Crippen molar-refractivity contribution in [3.8, 4) is 23.0 Å². The number of methoxy groups -OCH3 is 1. The third-order valence-corrected chi connectivity index (χ3v) is 5.14. The molecule has 0 saturated carbocycles. The lowest BCUT2D eigenvalue weighted by Gasteiger charge is -2.17. The number of carbonyl (C=O) groups is 1. The van der Waals surface area contributed by atoms with Gasteiger partial charge >= 0.3 is 0 Å². The summed E-state index contributed by atoms with van der Waals surface area (Å²) in [5.41, 5.74) is 2.64. The normalized spacial score (nSPS) is 10.9. The number of nitrogens with zero attached hydrogens (tertiary/aromatic N) is 1. The number of nitrogens with one attached hydrogen (secondary N) is 1. The summed E-state index contributed by atoms with van der Waals surface area (Å²) >= 11 is 0. The molecule has 3 aromatic carbocycles. The van der Waals surface area contributed by atoms with Gasteiger partial charge in [-0.05, 0) is 54.4 Å². The van der Waals surface area contributed by atoms with E-state index in [2.05, 4.69) is 10.3 Å². The first-order chi connectivity index (χ1) is 15.5. The molecule has 4 aromatic rings. The number of carbonyl (C=O) groups excluding carboxylic acids is 1. The smallest absolute Gasteiger partial charge is 0.255 e. The monoisotopic (exact) mass is 428 g/mol. The lowest BCUT2D eigenvalue weighted by Crippen LogP contribution is -2.11. The molecule has 0 atom stereocenters. The Bertz CT molecular complexity index is 1250. The van der Waals surface area contributed by atoms with Crippen LogP contribution in [0.2, 0.25) is 0 Å².